The maximum atomic E-state index is 3.24. The maximum absolute atomic E-state index is 3.24. The Labute approximate surface area is 84.9 Å². The topological polar surface area (TPSA) is 12.0 Å². The first kappa shape index (κ1) is 10.6. The van der Waals surface area contributed by atoms with E-state index in [0.717, 1.165) is 0 Å². The number of rotatable bonds is 5. The lowest BCUT2D eigenvalue weighted by atomic mass is 10.3. The molecular formula is C11H17NS. The molecule has 1 atom stereocenters. The van der Waals surface area contributed by atoms with Crippen molar-refractivity contribution in [1.29, 1.82) is 0 Å². The highest BCUT2D eigenvalue weighted by atomic mass is 32.2. The van der Waals surface area contributed by atoms with Crippen molar-refractivity contribution in [1.82, 2.24) is 5.32 Å². The second kappa shape index (κ2) is 6.06. The molecule has 1 aromatic rings. The van der Waals surface area contributed by atoms with Gasteiger partial charge < -0.3 is 5.32 Å². The van der Waals surface area contributed by atoms with Gasteiger partial charge in [-0.1, -0.05) is 18.2 Å². The molecule has 0 saturated carbocycles. The van der Waals surface area contributed by atoms with Crippen LogP contribution in [0.4, 0.5) is 0 Å². The smallest absolute Gasteiger partial charge is 0.00719 e. The summed E-state index contributed by atoms with van der Waals surface area (Å²) >= 11 is 1.92. The van der Waals surface area contributed by atoms with E-state index in [2.05, 4.69) is 42.6 Å². The van der Waals surface area contributed by atoms with Gasteiger partial charge in [0.15, 0.2) is 0 Å². The fourth-order valence-electron chi connectivity index (χ4n) is 1.01. The van der Waals surface area contributed by atoms with Crippen molar-refractivity contribution in [2.45, 2.75) is 24.3 Å². The van der Waals surface area contributed by atoms with Gasteiger partial charge >= 0.3 is 0 Å². The van der Waals surface area contributed by atoms with Crippen molar-refractivity contribution in [3.63, 3.8) is 0 Å². The summed E-state index contributed by atoms with van der Waals surface area (Å²) in [6.45, 7) is 2.21. The Morgan fingerprint density at radius 2 is 2.00 bits per heavy atom. The van der Waals surface area contributed by atoms with Crippen molar-refractivity contribution in [2.24, 2.45) is 0 Å². The molecule has 0 spiro atoms. The summed E-state index contributed by atoms with van der Waals surface area (Å²) in [4.78, 5) is 1.37. The molecule has 1 aromatic carbocycles. The molecule has 1 unspecified atom stereocenters. The zero-order chi connectivity index (χ0) is 9.52. The van der Waals surface area contributed by atoms with Crippen LogP contribution in [0, 0.1) is 0 Å². The molecule has 0 aromatic heterocycles. The fraction of sp³-hybridized carbons (Fsp3) is 0.455. The molecule has 0 aliphatic carbocycles. The number of hydrogen-bond donors (Lipinski definition) is 1. The van der Waals surface area contributed by atoms with Crippen LogP contribution >= 0.6 is 11.8 Å². The second-order valence-corrected chi connectivity index (χ2v) is 4.31. The first-order valence-electron chi connectivity index (χ1n) is 4.68. The van der Waals surface area contributed by atoms with E-state index >= 15 is 0 Å². The van der Waals surface area contributed by atoms with Crippen LogP contribution in [0.25, 0.3) is 0 Å². The minimum atomic E-state index is 0.621. The molecule has 0 fully saturated rings. The molecule has 1 nitrogen and oxygen atoms in total. The van der Waals surface area contributed by atoms with Gasteiger partial charge in [-0.2, -0.15) is 0 Å². The molecule has 0 aliphatic heterocycles. The largest absolute Gasteiger partial charge is 0.317 e. The summed E-state index contributed by atoms with van der Waals surface area (Å²) < 4.78 is 0. The third-order valence-electron chi connectivity index (χ3n) is 2.06. The monoisotopic (exact) mass is 195 g/mol. The predicted octanol–water partition coefficient (Wildman–Crippen LogP) is 2.78. The summed E-state index contributed by atoms with van der Waals surface area (Å²) in [5, 5.41) is 3.24. The number of thioether (sulfide) groups is 1. The van der Waals surface area contributed by atoms with E-state index < -0.39 is 0 Å². The number of nitrogens with one attached hydrogen (secondary N) is 1. The normalized spacial score (nSPS) is 12.8. The van der Waals surface area contributed by atoms with Gasteiger partial charge in [-0.25, -0.2) is 0 Å². The lowest BCUT2D eigenvalue weighted by Crippen LogP contribution is -2.21. The summed E-state index contributed by atoms with van der Waals surface area (Å²) in [5.74, 6) is 1.19. The molecule has 2 heteroatoms. The van der Waals surface area contributed by atoms with Gasteiger partial charge in [0.2, 0.25) is 0 Å². The number of hydrogen-bond acceptors (Lipinski definition) is 2. The Morgan fingerprint density at radius 3 is 2.62 bits per heavy atom. The predicted molar refractivity (Wildman–Crippen MR) is 60.3 cm³/mol. The van der Waals surface area contributed by atoms with E-state index in [0.29, 0.717) is 6.04 Å². The van der Waals surface area contributed by atoms with Crippen molar-refractivity contribution in [2.75, 3.05) is 12.8 Å². The highest BCUT2D eigenvalue weighted by Gasteiger charge is 1.98. The van der Waals surface area contributed by atoms with Crippen molar-refractivity contribution < 1.29 is 0 Å². The summed E-state index contributed by atoms with van der Waals surface area (Å²) in [7, 11) is 2.01. The van der Waals surface area contributed by atoms with E-state index in [9.17, 15) is 0 Å². The van der Waals surface area contributed by atoms with E-state index in [1.54, 1.807) is 0 Å². The minimum Gasteiger partial charge on any atom is -0.317 e. The molecule has 0 aliphatic rings. The van der Waals surface area contributed by atoms with E-state index in [4.69, 9.17) is 0 Å². The van der Waals surface area contributed by atoms with Crippen LogP contribution in [0.5, 0.6) is 0 Å². The van der Waals surface area contributed by atoms with Crippen LogP contribution in [0.15, 0.2) is 35.2 Å². The van der Waals surface area contributed by atoms with Crippen LogP contribution in [0.3, 0.4) is 0 Å². The molecule has 0 bridgehead atoms. The highest BCUT2D eigenvalue weighted by Crippen LogP contribution is 2.18. The van der Waals surface area contributed by atoms with Gasteiger partial charge in [0.05, 0.1) is 0 Å². The molecular weight excluding hydrogens is 178 g/mol. The van der Waals surface area contributed by atoms with E-state index in [-0.39, 0.29) is 0 Å². The van der Waals surface area contributed by atoms with Crippen LogP contribution in [0.1, 0.15) is 13.3 Å². The SMILES string of the molecule is CNC(C)CCSc1ccccc1. The molecule has 0 saturated heterocycles. The van der Waals surface area contributed by atoms with Gasteiger partial charge in [0.25, 0.3) is 0 Å². The third kappa shape index (κ3) is 4.34. The van der Waals surface area contributed by atoms with Gasteiger partial charge in [-0.15, -0.1) is 11.8 Å². The van der Waals surface area contributed by atoms with E-state index in [1.807, 2.05) is 18.8 Å². The zero-order valence-corrected chi connectivity index (χ0v) is 9.10. The van der Waals surface area contributed by atoms with Crippen LogP contribution in [-0.2, 0) is 0 Å². The Bertz CT molecular complexity index is 223. The fourth-order valence-corrected chi connectivity index (χ4v) is 2.07. The Hall–Kier alpha value is -0.470. The zero-order valence-electron chi connectivity index (χ0n) is 8.29. The lowest BCUT2D eigenvalue weighted by Gasteiger charge is -2.08. The van der Waals surface area contributed by atoms with Gasteiger partial charge in [0.1, 0.15) is 0 Å². The Morgan fingerprint density at radius 1 is 1.31 bits per heavy atom. The second-order valence-electron chi connectivity index (χ2n) is 3.14. The third-order valence-corrected chi connectivity index (χ3v) is 3.10. The number of benzene rings is 1. The Balaban J connectivity index is 2.20. The first-order valence-corrected chi connectivity index (χ1v) is 5.66. The Kier molecular flexibility index (Phi) is 4.94. The lowest BCUT2D eigenvalue weighted by molar-refractivity contribution is 0.598. The van der Waals surface area contributed by atoms with Gasteiger partial charge in [-0.05, 0) is 38.3 Å². The first-order chi connectivity index (χ1) is 6.33. The average Bonchev–Trinajstić information content (AvgIpc) is 2.19. The van der Waals surface area contributed by atoms with Crippen molar-refractivity contribution >= 4 is 11.8 Å². The standard InChI is InChI=1S/C11H17NS/c1-10(12-2)8-9-13-11-6-4-3-5-7-11/h3-7,10,12H,8-9H2,1-2H3. The molecule has 0 amide bonds. The van der Waals surface area contributed by atoms with E-state index in [1.165, 1.54) is 17.1 Å². The minimum absolute atomic E-state index is 0.621. The summed E-state index contributed by atoms with van der Waals surface area (Å²) in [6.07, 6.45) is 1.22. The average molecular weight is 195 g/mol. The quantitative estimate of drug-likeness (QED) is 0.725. The molecule has 13 heavy (non-hydrogen) atoms. The van der Waals surface area contributed by atoms with Crippen LogP contribution in [0.2, 0.25) is 0 Å². The van der Waals surface area contributed by atoms with Gasteiger partial charge in [-0.3, -0.25) is 0 Å². The molecule has 0 radical (unpaired) electrons. The van der Waals surface area contributed by atoms with Crippen LogP contribution < -0.4 is 5.32 Å². The molecule has 1 rings (SSSR count). The molecule has 0 heterocycles. The summed E-state index contributed by atoms with van der Waals surface area (Å²) in [6, 6.07) is 11.2. The van der Waals surface area contributed by atoms with Crippen molar-refractivity contribution in [3.05, 3.63) is 30.3 Å². The van der Waals surface area contributed by atoms with Crippen LogP contribution in [-0.4, -0.2) is 18.8 Å². The van der Waals surface area contributed by atoms with Crippen molar-refractivity contribution in [3.8, 4) is 0 Å². The van der Waals surface area contributed by atoms with Gasteiger partial charge in [0, 0.05) is 10.9 Å². The maximum Gasteiger partial charge on any atom is 0.00719 e. The molecule has 72 valence electrons. The highest BCUT2D eigenvalue weighted by molar-refractivity contribution is 7.99. The molecule has 1 N–H and O–H groups in total. The summed E-state index contributed by atoms with van der Waals surface area (Å²) in [5.41, 5.74) is 0.